The normalized spacial score (nSPS) is 20.7. The summed E-state index contributed by atoms with van der Waals surface area (Å²) in [4.78, 5) is 24.1. The van der Waals surface area contributed by atoms with Gasteiger partial charge in [-0.3, -0.25) is 4.79 Å². The average molecular weight is 436 g/mol. The number of carbonyl (C=O) groups excluding carboxylic acids is 1. The summed E-state index contributed by atoms with van der Waals surface area (Å²) in [5.74, 6) is 1.58. The minimum Gasteiger partial charge on any atom is -0.379 e. The number of fused-ring (bicyclic) bond motifs is 1. The molecule has 1 saturated heterocycles. The molecule has 1 aromatic heterocycles. The van der Waals surface area contributed by atoms with Crippen molar-refractivity contribution in [2.75, 3.05) is 45.2 Å². The minimum absolute atomic E-state index is 0.292. The predicted molar refractivity (Wildman–Crippen MR) is 123 cm³/mol. The number of carbonyl (C=O) groups is 1. The molecule has 3 heterocycles. The van der Waals surface area contributed by atoms with Crippen molar-refractivity contribution in [2.24, 2.45) is 5.92 Å². The first-order chi connectivity index (χ1) is 14.4. The first kappa shape index (κ1) is 23.3. The molecule has 1 amide bonds. The number of nitrogens with zero attached hydrogens (tertiary/aromatic N) is 5. The minimum atomic E-state index is 0.292. The van der Waals surface area contributed by atoms with Crippen molar-refractivity contribution in [2.45, 2.75) is 64.0 Å². The zero-order valence-corrected chi connectivity index (χ0v) is 19.6. The van der Waals surface area contributed by atoms with Gasteiger partial charge in [0.1, 0.15) is 0 Å². The van der Waals surface area contributed by atoms with E-state index in [2.05, 4.69) is 36.7 Å². The summed E-state index contributed by atoms with van der Waals surface area (Å²) in [5.41, 5.74) is 2.65. The van der Waals surface area contributed by atoms with Crippen LogP contribution in [-0.4, -0.2) is 71.5 Å². The van der Waals surface area contributed by atoms with Gasteiger partial charge in [-0.2, -0.15) is 0 Å². The van der Waals surface area contributed by atoms with E-state index in [1.807, 2.05) is 15.4 Å². The summed E-state index contributed by atoms with van der Waals surface area (Å²) in [6.45, 7) is 6.70. The highest BCUT2D eigenvalue weighted by molar-refractivity contribution is 7.77. The smallest absolute Gasteiger partial charge is 0.225 e. The van der Waals surface area contributed by atoms with E-state index in [9.17, 15) is 4.79 Å². The van der Waals surface area contributed by atoms with Gasteiger partial charge >= 0.3 is 0 Å². The molecule has 3 aliphatic rings. The van der Waals surface area contributed by atoms with Crippen molar-refractivity contribution in [3.63, 3.8) is 0 Å². The molecular formula is C22H37N5O2S. The quantitative estimate of drug-likeness (QED) is 0.525. The van der Waals surface area contributed by atoms with Gasteiger partial charge in [-0.05, 0) is 51.4 Å². The van der Waals surface area contributed by atoms with Gasteiger partial charge in [0.25, 0.3) is 0 Å². The Morgan fingerprint density at radius 2 is 2.07 bits per heavy atom. The van der Waals surface area contributed by atoms with Crippen LogP contribution in [0.4, 0.5) is 5.95 Å². The number of piperidine rings is 1. The summed E-state index contributed by atoms with van der Waals surface area (Å²) in [7, 11) is 3.84. The van der Waals surface area contributed by atoms with Crippen LogP contribution in [0.25, 0.3) is 0 Å². The fourth-order valence-electron chi connectivity index (χ4n) is 3.92. The van der Waals surface area contributed by atoms with E-state index in [4.69, 9.17) is 9.72 Å². The number of aromatic nitrogens is 2. The molecule has 1 saturated carbocycles. The lowest BCUT2D eigenvalue weighted by Gasteiger charge is -2.29. The molecule has 7 nitrogen and oxygen atoms in total. The van der Waals surface area contributed by atoms with Gasteiger partial charge in [-0.1, -0.05) is 12.8 Å². The van der Waals surface area contributed by atoms with Gasteiger partial charge in [0.05, 0.1) is 11.3 Å². The fraction of sp³-hybridized carbons (Fsp3) is 0.773. The summed E-state index contributed by atoms with van der Waals surface area (Å²) in [6, 6.07) is 0. The van der Waals surface area contributed by atoms with E-state index < -0.39 is 0 Å². The van der Waals surface area contributed by atoms with Crippen molar-refractivity contribution in [1.29, 1.82) is 0 Å². The van der Waals surface area contributed by atoms with Gasteiger partial charge in [0.2, 0.25) is 12.4 Å². The Morgan fingerprint density at radius 3 is 2.67 bits per heavy atom. The molecule has 0 radical (unpaired) electrons. The second-order valence-electron chi connectivity index (χ2n) is 9.08. The highest BCUT2D eigenvalue weighted by Crippen LogP contribution is 2.37. The highest BCUT2D eigenvalue weighted by atomic mass is 32.1. The van der Waals surface area contributed by atoms with Gasteiger partial charge in [0, 0.05) is 65.1 Å². The molecule has 0 bridgehead atoms. The number of thiol groups is 1. The third-order valence-corrected chi connectivity index (χ3v) is 6.93. The van der Waals surface area contributed by atoms with Crippen molar-refractivity contribution in [1.82, 2.24) is 19.2 Å². The molecule has 0 aromatic carbocycles. The number of likely N-dealkylation sites (tertiary alicyclic amines) is 1. The third-order valence-electron chi connectivity index (χ3n) is 6.59. The van der Waals surface area contributed by atoms with Crippen LogP contribution in [0.5, 0.6) is 0 Å². The fourth-order valence-corrected chi connectivity index (χ4v) is 4.17. The van der Waals surface area contributed by atoms with Crippen LogP contribution < -0.4 is 4.90 Å². The van der Waals surface area contributed by atoms with Crippen molar-refractivity contribution in [3.05, 3.63) is 17.5 Å². The molecule has 2 aliphatic heterocycles. The van der Waals surface area contributed by atoms with Gasteiger partial charge in [-0.15, -0.1) is 0 Å². The second-order valence-corrected chi connectivity index (χ2v) is 9.65. The Morgan fingerprint density at radius 1 is 1.33 bits per heavy atom. The highest BCUT2D eigenvalue weighted by Gasteiger charge is 2.36. The zero-order valence-electron chi connectivity index (χ0n) is 18.7. The molecule has 8 heteroatoms. The Hall–Kier alpha value is -1.38. The topological polar surface area (TPSA) is 61.8 Å². The standard InChI is InChI=1S/C17H27N5OS.C5H10O/c1-20(7-2-3-14-4-8-21(13-23)9-5-14)17-18-11-15-12-22(24)10-6-16(15)19-17;1-5(6-2)3-4-5/h11,13-14,24H,2-10,12H2,1H3;3-4H2,1-2H3. The first-order valence-corrected chi connectivity index (χ1v) is 11.6. The van der Waals surface area contributed by atoms with Crippen molar-refractivity contribution < 1.29 is 9.53 Å². The van der Waals surface area contributed by atoms with Gasteiger partial charge < -0.3 is 14.5 Å². The molecule has 1 aromatic rings. The second kappa shape index (κ2) is 10.8. The first-order valence-electron chi connectivity index (χ1n) is 11.2. The van der Waals surface area contributed by atoms with E-state index in [1.165, 1.54) is 30.5 Å². The lowest BCUT2D eigenvalue weighted by atomic mass is 9.92. The van der Waals surface area contributed by atoms with Gasteiger partial charge in [-0.25, -0.2) is 14.3 Å². The summed E-state index contributed by atoms with van der Waals surface area (Å²) in [5, 5.41) is 0. The van der Waals surface area contributed by atoms with E-state index in [-0.39, 0.29) is 0 Å². The number of anilines is 1. The van der Waals surface area contributed by atoms with Gasteiger partial charge in [0.15, 0.2) is 0 Å². The zero-order chi connectivity index (χ0) is 21.6. The largest absolute Gasteiger partial charge is 0.379 e. The van der Waals surface area contributed by atoms with Crippen LogP contribution in [-0.2, 0) is 22.5 Å². The lowest BCUT2D eigenvalue weighted by molar-refractivity contribution is -0.119. The lowest BCUT2D eigenvalue weighted by Crippen LogP contribution is -2.32. The SMILES string of the molecule is CN(CCCC1CCN(C=O)CC1)c1ncc2c(n1)CCN(S)C2.COC1(C)CC1. The van der Waals surface area contributed by atoms with Crippen LogP contribution in [0.2, 0.25) is 0 Å². The predicted octanol–water partition coefficient (Wildman–Crippen LogP) is 2.95. The Labute approximate surface area is 186 Å². The summed E-state index contributed by atoms with van der Waals surface area (Å²) >= 11 is 4.41. The number of hydrogen-bond acceptors (Lipinski definition) is 7. The van der Waals surface area contributed by atoms with E-state index >= 15 is 0 Å². The van der Waals surface area contributed by atoms with E-state index in [0.29, 0.717) is 5.60 Å². The maximum absolute atomic E-state index is 10.7. The van der Waals surface area contributed by atoms with Crippen LogP contribution >= 0.6 is 12.8 Å². The molecule has 30 heavy (non-hydrogen) atoms. The third kappa shape index (κ3) is 6.82. The van der Waals surface area contributed by atoms with Crippen LogP contribution in [0.15, 0.2) is 6.20 Å². The Bertz CT molecular complexity index is 692. The van der Waals surface area contributed by atoms with E-state index in [0.717, 1.165) is 76.7 Å². The number of ether oxygens (including phenoxy) is 1. The Kier molecular flexibility index (Phi) is 8.36. The summed E-state index contributed by atoms with van der Waals surface area (Å²) < 4.78 is 7.05. The monoisotopic (exact) mass is 435 g/mol. The molecule has 1 aliphatic carbocycles. The molecule has 0 atom stereocenters. The van der Waals surface area contributed by atoms with Crippen LogP contribution in [0.1, 0.15) is 56.7 Å². The number of amides is 1. The van der Waals surface area contributed by atoms with E-state index in [1.54, 1.807) is 7.11 Å². The average Bonchev–Trinajstić information content (AvgIpc) is 3.52. The Balaban J connectivity index is 0.000000367. The van der Waals surface area contributed by atoms with Crippen LogP contribution in [0.3, 0.4) is 0 Å². The number of rotatable bonds is 7. The summed E-state index contributed by atoms with van der Waals surface area (Å²) in [6.07, 6.45) is 11.0. The molecule has 4 rings (SSSR count). The number of methoxy groups -OCH3 is 1. The van der Waals surface area contributed by atoms with Crippen molar-refractivity contribution in [3.8, 4) is 0 Å². The van der Waals surface area contributed by atoms with Crippen molar-refractivity contribution >= 4 is 25.2 Å². The maximum atomic E-state index is 10.7. The molecule has 2 fully saturated rings. The molecule has 0 unspecified atom stereocenters. The molecule has 168 valence electrons. The molecule has 0 N–H and O–H groups in total. The van der Waals surface area contributed by atoms with Crippen LogP contribution in [0, 0.1) is 5.92 Å². The molecular weight excluding hydrogens is 398 g/mol. The molecule has 0 spiro atoms. The maximum Gasteiger partial charge on any atom is 0.225 e. The number of hydrogen-bond donors (Lipinski definition) is 1.